The zero-order valence-electron chi connectivity index (χ0n) is 12.5. The molecule has 3 unspecified atom stereocenters. The first kappa shape index (κ1) is 14.0. The van der Waals surface area contributed by atoms with Crippen molar-refractivity contribution in [1.82, 2.24) is 5.32 Å². The van der Waals surface area contributed by atoms with Crippen LogP contribution in [-0.2, 0) is 4.74 Å². The van der Waals surface area contributed by atoms with Crippen molar-refractivity contribution in [1.29, 1.82) is 0 Å². The van der Waals surface area contributed by atoms with Crippen molar-refractivity contribution in [3.8, 4) is 0 Å². The Labute approximate surface area is 120 Å². The molecular weight excluding hydrogens is 253 g/mol. The van der Waals surface area contributed by atoms with Gasteiger partial charge in [0.05, 0.1) is 6.10 Å². The van der Waals surface area contributed by atoms with Crippen LogP contribution in [0.15, 0.2) is 24.3 Å². The Bertz CT molecular complexity index is 466. The second-order valence-corrected chi connectivity index (χ2v) is 6.87. The van der Waals surface area contributed by atoms with Gasteiger partial charge >= 0.3 is 0 Å². The van der Waals surface area contributed by atoms with Gasteiger partial charge in [0.1, 0.15) is 5.82 Å². The smallest absolute Gasteiger partial charge is 0.123 e. The molecule has 0 radical (unpaired) electrons. The molecule has 0 aliphatic heterocycles. The maximum absolute atomic E-state index is 13.1. The van der Waals surface area contributed by atoms with Crippen LogP contribution < -0.4 is 5.32 Å². The van der Waals surface area contributed by atoms with Gasteiger partial charge in [-0.2, -0.15) is 0 Å². The Balaban J connectivity index is 1.71. The van der Waals surface area contributed by atoms with E-state index in [4.69, 9.17) is 4.74 Å². The maximum Gasteiger partial charge on any atom is 0.123 e. The van der Waals surface area contributed by atoms with Gasteiger partial charge in [-0.3, -0.25) is 0 Å². The standard InChI is InChI=1S/C17H24FNO/c1-17(2)14(10-15(17)20-3)19-16(11-4-5-11)12-6-8-13(18)9-7-12/h6-9,11,14-16,19H,4-5,10H2,1-3H3. The summed E-state index contributed by atoms with van der Waals surface area (Å²) in [4.78, 5) is 0. The molecule has 2 saturated carbocycles. The van der Waals surface area contributed by atoms with Gasteiger partial charge in [0.15, 0.2) is 0 Å². The highest BCUT2D eigenvalue weighted by atomic mass is 19.1. The SMILES string of the molecule is COC1CC(NC(c2ccc(F)cc2)C2CC2)C1(C)C. The van der Waals surface area contributed by atoms with Crippen LogP contribution in [0.3, 0.4) is 0 Å². The van der Waals surface area contributed by atoms with Crippen LogP contribution >= 0.6 is 0 Å². The minimum absolute atomic E-state index is 0.160. The summed E-state index contributed by atoms with van der Waals surface area (Å²) in [6, 6.07) is 7.81. The molecule has 3 heteroatoms. The summed E-state index contributed by atoms with van der Waals surface area (Å²) in [5.74, 6) is 0.546. The van der Waals surface area contributed by atoms with Crippen molar-refractivity contribution in [2.75, 3.05) is 7.11 Å². The summed E-state index contributed by atoms with van der Waals surface area (Å²) >= 11 is 0. The van der Waals surface area contributed by atoms with E-state index in [0.717, 1.165) is 6.42 Å². The second kappa shape index (κ2) is 5.12. The molecule has 0 saturated heterocycles. The largest absolute Gasteiger partial charge is 0.381 e. The summed E-state index contributed by atoms with van der Waals surface area (Å²) in [6.07, 6.45) is 3.95. The van der Waals surface area contributed by atoms with E-state index >= 15 is 0 Å². The Morgan fingerprint density at radius 1 is 1.25 bits per heavy atom. The van der Waals surface area contributed by atoms with Crippen LogP contribution in [0.2, 0.25) is 0 Å². The van der Waals surface area contributed by atoms with Crippen LogP contribution in [0.25, 0.3) is 0 Å². The molecular formula is C17H24FNO. The average molecular weight is 277 g/mol. The summed E-state index contributed by atoms with van der Waals surface area (Å²) in [7, 11) is 1.79. The highest BCUT2D eigenvalue weighted by Crippen LogP contribution is 2.47. The van der Waals surface area contributed by atoms with Crippen molar-refractivity contribution in [2.45, 2.75) is 51.3 Å². The molecule has 0 aromatic heterocycles. The van der Waals surface area contributed by atoms with Gasteiger partial charge < -0.3 is 10.1 Å². The fourth-order valence-corrected chi connectivity index (χ4v) is 3.39. The first-order valence-electron chi connectivity index (χ1n) is 7.56. The van der Waals surface area contributed by atoms with Crippen molar-refractivity contribution in [2.24, 2.45) is 11.3 Å². The molecule has 20 heavy (non-hydrogen) atoms. The van der Waals surface area contributed by atoms with E-state index in [0.29, 0.717) is 24.1 Å². The minimum Gasteiger partial charge on any atom is -0.381 e. The number of hydrogen-bond donors (Lipinski definition) is 1. The molecule has 1 N–H and O–H groups in total. The summed E-state index contributed by atoms with van der Waals surface area (Å²) in [5, 5.41) is 3.80. The van der Waals surface area contributed by atoms with E-state index < -0.39 is 0 Å². The molecule has 0 spiro atoms. The second-order valence-electron chi connectivity index (χ2n) is 6.87. The van der Waals surface area contributed by atoms with Gasteiger partial charge in [-0.1, -0.05) is 26.0 Å². The number of hydrogen-bond acceptors (Lipinski definition) is 2. The number of ether oxygens (including phenoxy) is 1. The molecule has 2 nitrogen and oxygen atoms in total. The molecule has 2 fully saturated rings. The highest BCUT2D eigenvalue weighted by Gasteiger charge is 2.50. The van der Waals surface area contributed by atoms with E-state index in [9.17, 15) is 4.39 Å². The van der Waals surface area contributed by atoms with Gasteiger partial charge in [-0.15, -0.1) is 0 Å². The molecule has 1 aromatic carbocycles. The number of nitrogens with one attached hydrogen (secondary N) is 1. The Morgan fingerprint density at radius 3 is 2.40 bits per heavy atom. The van der Waals surface area contributed by atoms with Crippen molar-refractivity contribution < 1.29 is 9.13 Å². The summed E-state index contributed by atoms with van der Waals surface area (Å²) < 4.78 is 18.6. The third-order valence-corrected chi connectivity index (χ3v) is 5.17. The molecule has 2 aliphatic carbocycles. The van der Waals surface area contributed by atoms with Crippen LogP contribution in [0.4, 0.5) is 4.39 Å². The molecule has 3 atom stereocenters. The molecule has 2 aliphatic rings. The number of halogens is 1. The molecule has 110 valence electrons. The van der Waals surface area contributed by atoms with Gasteiger partial charge in [0.25, 0.3) is 0 Å². The van der Waals surface area contributed by atoms with E-state index in [1.165, 1.54) is 18.4 Å². The van der Waals surface area contributed by atoms with Crippen LogP contribution in [-0.4, -0.2) is 19.3 Å². The lowest BCUT2D eigenvalue weighted by atomic mass is 9.64. The van der Waals surface area contributed by atoms with E-state index in [2.05, 4.69) is 19.2 Å². The van der Waals surface area contributed by atoms with Crippen molar-refractivity contribution >= 4 is 0 Å². The van der Waals surface area contributed by atoms with E-state index in [-0.39, 0.29) is 11.2 Å². The molecule has 3 rings (SSSR count). The van der Waals surface area contributed by atoms with E-state index in [1.807, 2.05) is 12.1 Å². The lowest BCUT2D eigenvalue weighted by Crippen LogP contribution is -2.61. The summed E-state index contributed by atoms with van der Waals surface area (Å²) in [5.41, 5.74) is 1.38. The van der Waals surface area contributed by atoms with Crippen LogP contribution in [0.5, 0.6) is 0 Å². The first-order valence-corrected chi connectivity index (χ1v) is 7.56. The Kier molecular flexibility index (Phi) is 3.59. The molecule has 0 amide bonds. The fourth-order valence-electron chi connectivity index (χ4n) is 3.39. The number of methoxy groups -OCH3 is 1. The minimum atomic E-state index is -0.160. The zero-order chi connectivity index (χ0) is 14.3. The Morgan fingerprint density at radius 2 is 1.90 bits per heavy atom. The number of benzene rings is 1. The molecule has 1 aromatic rings. The Hall–Kier alpha value is -0.930. The van der Waals surface area contributed by atoms with Gasteiger partial charge in [0, 0.05) is 24.6 Å². The van der Waals surface area contributed by atoms with Gasteiger partial charge in [-0.05, 0) is 42.9 Å². The quantitative estimate of drug-likeness (QED) is 0.886. The lowest BCUT2D eigenvalue weighted by molar-refractivity contribution is -0.101. The van der Waals surface area contributed by atoms with Crippen LogP contribution in [0.1, 0.15) is 44.7 Å². The van der Waals surface area contributed by atoms with Crippen LogP contribution in [0, 0.1) is 17.2 Å². The maximum atomic E-state index is 13.1. The van der Waals surface area contributed by atoms with Gasteiger partial charge in [0.2, 0.25) is 0 Å². The highest BCUT2D eigenvalue weighted by molar-refractivity contribution is 5.23. The van der Waals surface area contributed by atoms with Crippen molar-refractivity contribution in [3.63, 3.8) is 0 Å². The van der Waals surface area contributed by atoms with Crippen molar-refractivity contribution in [3.05, 3.63) is 35.6 Å². The average Bonchev–Trinajstić information content (AvgIpc) is 3.24. The third-order valence-electron chi connectivity index (χ3n) is 5.17. The third kappa shape index (κ3) is 2.49. The number of rotatable bonds is 5. The zero-order valence-corrected chi connectivity index (χ0v) is 12.5. The predicted octanol–water partition coefficient (Wildman–Crippen LogP) is 3.68. The monoisotopic (exact) mass is 277 g/mol. The topological polar surface area (TPSA) is 21.3 Å². The normalized spacial score (nSPS) is 29.8. The molecule has 0 heterocycles. The predicted molar refractivity (Wildman–Crippen MR) is 78.0 cm³/mol. The molecule has 0 bridgehead atoms. The lowest BCUT2D eigenvalue weighted by Gasteiger charge is -2.52. The first-order chi connectivity index (χ1) is 9.52. The summed E-state index contributed by atoms with van der Waals surface area (Å²) in [6.45, 7) is 4.52. The fraction of sp³-hybridized carbons (Fsp3) is 0.647. The van der Waals surface area contributed by atoms with E-state index in [1.54, 1.807) is 19.2 Å². The van der Waals surface area contributed by atoms with Gasteiger partial charge in [-0.25, -0.2) is 4.39 Å².